The summed E-state index contributed by atoms with van der Waals surface area (Å²) >= 11 is 3.40. The highest BCUT2D eigenvalue weighted by Gasteiger charge is 1.98. The normalized spacial score (nSPS) is 10.3. The van der Waals surface area contributed by atoms with E-state index in [1.807, 2.05) is 6.20 Å². The molecule has 0 radical (unpaired) electrons. The second-order valence-corrected chi connectivity index (χ2v) is 4.41. The van der Waals surface area contributed by atoms with Gasteiger partial charge in [0.2, 0.25) is 0 Å². The summed E-state index contributed by atoms with van der Waals surface area (Å²) in [5.41, 5.74) is 1.17. The van der Waals surface area contributed by atoms with E-state index >= 15 is 0 Å². The van der Waals surface area contributed by atoms with Crippen molar-refractivity contribution in [2.45, 2.75) is 20.3 Å². The summed E-state index contributed by atoms with van der Waals surface area (Å²) in [5, 5.41) is 6.64. The summed E-state index contributed by atoms with van der Waals surface area (Å²) in [7, 11) is 0. The minimum absolute atomic E-state index is 0.912. The van der Waals surface area contributed by atoms with E-state index in [1.165, 1.54) is 12.0 Å². The maximum atomic E-state index is 4.31. The second-order valence-electron chi connectivity index (χ2n) is 3.50. The van der Waals surface area contributed by atoms with Gasteiger partial charge in [0.1, 0.15) is 5.82 Å². The van der Waals surface area contributed by atoms with Crippen LogP contribution in [0.25, 0.3) is 0 Å². The highest BCUT2D eigenvalue weighted by atomic mass is 79.9. The van der Waals surface area contributed by atoms with E-state index in [1.54, 1.807) is 0 Å². The number of aromatic nitrogens is 1. The van der Waals surface area contributed by atoms with E-state index in [-0.39, 0.29) is 0 Å². The third-order valence-electron chi connectivity index (χ3n) is 2.07. The lowest BCUT2D eigenvalue weighted by atomic mass is 10.3. The van der Waals surface area contributed by atoms with Crippen molar-refractivity contribution in [2.75, 3.05) is 25.0 Å². The highest BCUT2D eigenvalue weighted by molar-refractivity contribution is 9.10. The summed E-state index contributed by atoms with van der Waals surface area (Å²) in [6.45, 7) is 7.19. The molecule has 15 heavy (non-hydrogen) atoms. The van der Waals surface area contributed by atoms with Crippen molar-refractivity contribution < 1.29 is 0 Å². The minimum Gasteiger partial charge on any atom is -0.369 e. The lowest BCUT2D eigenvalue weighted by molar-refractivity contribution is 0.687. The average molecular weight is 272 g/mol. The molecule has 0 bridgehead atoms. The van der Waals surface area contributed by atoms with Crippen LogP contribution in [0.1, 0.15) is 18.9 Å². The molecule has 1 aromatic heterocycles. The maximum Gasteiger partial charge on any atom is 0.128 e. The van der Waals surface area contributed by atoms with Crippen molar-refractivity contribution in [3.63, 3.8) is 0 Å². The second kappa shape index (κ2) is 6.80. The van der Waals surface area contributed by atoms with Crippen LogP contribution < -0.4 is 10.6 Å². The van der Waals surface area contributed by atoms with Crippen molar-refractivity contribution in [3.05, 3.63) is 22.3 Å². The van der Waals surface area contributed by atoms with Crippen LogP contribution in [0.2, 0.25) is 0 Å². The van der Waals surface area contributed by atoms with Crippen LogP contribution in [-0.4, -0.2) is 24.6 Å². The number of hydrogen-bond acceptors (Lipinski definition) is 3. The van der Waals surface area contributed by atoms with Crippen LogP contribution in [0.3, 0.4) is 0 Å². The van der Waals surface area contributed by atoms with Crippen molar-refractivity contribution in [1.82, 2.24) is 10.3 Å². The summed E-state index contributed by atoms with van der Waals surface area (Å²) < 4.78 is 1.02. The van der Waals surface area contributed by atoms with Gasteiger partial charge < -0.3 is 10.6 Å². The fourth-order valence-electron chi connectivity index (χ4n) is 1.30. The van der Waals surface area contributed by atoms with Crippen molar-refractivity contribution in [2.24, 2.45) is 0 Å². The van der Waals surface area contributed by atoms with E-state index in [4.69, 9.17) is 0 Å². The van der Waals surface area contributed by atoms with E-state index in [2.05, 4.69) is 51.5 Å². The Morgan fingerprint density at radius 3 is 2.80 bits per heavy atom. The summed E-state index contributed by atoms with van der Waals surface area (Å²) in [5.74, 6) is 0.969. The molecule has 4 heteroatoms. The Morgan fingerprint density at radius 1 is 1.33 bits per heavy atom. The molecule has 0 aliphatic heterocycles. The van der Waals surface area contributed by atoms with E-state index in [0.717, 1.165) is 29.9 Å². The molecule has 3 nitrogen and oxygen atoms in total. The van der Waals surface area contributed by atoms with Gasteiger partial charge in [-0.25, -0.2) is 4.98 Å². The van der Waals surface area contributed by atoms with Gasteiger partial charge >= 0.3 is 0 Å². The molecule has 84 valence electrons. The first-order valence-corrected chi connectivity index (χ1v) is 6.10. The standard InChI is InChI=1S/C11H18BrN3/c1-3-4-13-5-6-14-11-9(2)7-10(12)8-15-11/h7-8,13H,3-6H2,1-2H3,(H,14,15). The van der Waals surface area contributed by atoms with E-state index in [9.17, 15) is 0 Å². The largest absolute Gasteiger partial charge is 0.369 e. The van der Waals surface area contributed by atoms with Gasteiger partial charge in [0.05, 0.1) is 0 Å². The van der Waals surface area contributed by atoms with Crippen LogP contribution in [-0.2, 0) is 0 Å². The quantitative estimate of drug-likeness (QED) is 0.781. The molecule has 1 heterocycles. The monoisotopic (exact) mass is 271 g/mol. The number of anilines is 1. The molecule has 0 saturated carbocycles. The minimum atomic E-state index is 0.912. The Labute approximate surface area is 99.8 Å². The molecule has 0 atom stereocenters. The maximum absolute atomic E-state index is 4.31. The summed E-state index contributed by atoms with van der Waals surface area (Å²) in [6.07, 6.45) is 2.99. The summed E-state index contributed by atoms with van der Waals surface area (Å²) in [4.78, 5) is 4.31. The fourth-order valence-corrected chi connectivity index (χ4v) is 1.74. The van der Waals surface area contributed by atoms with Gasteiger partial charge in [0.25, 0.3) is 0 Å². The van der Waals surface area contributed by atoms with Gasteiger partial charge in [0.15, 0.2) is 0 Å². The molecule has 0 fully saturated rings. The van der Waals surface area contributed by atoms with Crippen LogP contribution in [0.5, 0.6) is 0 Å². The Kier molecular flexibility index (Phi) is 5.65. The van der Waals surface area contributed by atoms with Gasteiger partial charge in [-0.3, -0.25) is 0 Å². The molecule has 0 aliphatic rings. The van der Waals surface area contributed by atoms with Crippen LogP contribution in [0.4, 0.5) is 5.82 Å². The number of pyridine rings is 1. The molecule has 0 amide bonds. The van der Waals surface area contributed by atoms with Gasteiger partial charge in [-0.15, -0.1) is 0 Å². The SMILES string of the molecule is CCCNCCNc1ncc(Br)cc1C. The molecule has 0 unspecified atom stereocenters. The average Bonchev–Trinajstić information content (AvgIpc) is 2.20. The molecule has 0 spiro atoms. The van der Waals surface area contributed by atoms with Crippen molar-refractivity contribution in [1.29, 1.82) is 0 Å². The van der Waals surface area contributed by atoms with Crippen molar-refractivity contribution in [3.8, 4) is 0 Å². The predicted octanol–water partition coefficient (Wildman–Crippen LogP) is 2.56. The first-order chi connectivity index (χ1) is 7.24. The third kappa shape index (κ3) is 4.62. The molecular formula is C11H18BrN3. The highest BCUT2D eigenvalue weighted by Crippen LogP contribution is 2.16. The van der Waals surface area contributed by atoms with Gasteiger partial charge in [-0.1, -0.05) is 6.92 Å². The van der Waals surface area contributed by atoms with Gasteiger partial charge in [0, 0.05) is 23.8 Å². The molecule has 1 rings (SSSR count). The number of rotatable bonds is 6. The van der Waals surface area contributed by atoms with Crippen LogP contribution >= 0.6 is 15.9 Å². The predicted molar refractivity (Wildman–Crippen MR) is 68.3 cm³/mol. The Balaban J connectivity index is 2.31. The Bertz CT molecular complexity index is 302. The number of nitrogens with one attached hydrogen (secondary N) is 2. The number of hydrogen-bond donors (Lipinski definition) is 2. The van der Waals surface area contributed by atoms with E-state index < -0.39 is 0 Å². The Morgan fingerprint density at radius 2 is 2.13 bits per heavy atom. The number of aryl methyl sites for hydroxylation is 1. The molecular weight excluding hydrogens is 254 g/mol. The first kappa shape index (κ1) is 12.5. The number of nitrogens with zero attached hydrogens (tertiary/aromatic N) is 1. The van der Waals surface area contributed by atoms with Crippen LogP contribution in [0, 0.1) is 6.92 Å². The zero-order valence-corrected chi connectivity index (χ0v) is 10.9. The lowest BCUT2D eigenvalue weighted by Crippen LogP contribution is -2.23. The smallest absolute Gasteiger partial charge is 0.128 e. The summed E-state index contributed by atoms with van der Waals surface area (Å²) in [6, 6.07) is 2.06. The zero-order valence-electron chi connectivity index (χ0n) is 9.31. The zero-order chi connectivity index (χ0) is 11.1. The first-order valence-electron chi connectivity index (χ1n) is 5.30. The lowest BCUT2D eigenvalue weighted by Gasteiger charge is -2.08. The van der Waals surface area contributed by atoms with Crippen LogP contribution in [0.15, 0.2) is 16.7 Å². The van der Waals surface area contributed by atoms with Gasteiger partial charge in [-0.2, -0.15) is 0 Å². The molecule has 1 aromatic rings. The molecule has 0 aromatic carbocycles. The molecule has 2 N–H and O–H groups in total. The van der Waals surface area contributed by atoms with E-state index in [0.29, 0.717) is 0 Å². The Hall–Kier alpha value is -0.610. The molecule has 0 saturated heterocycles. The van der Waals surface area contributed by atoms with Crippen molar-refractivity contribution >= 4 is 21.7 Å². The third-order valence-corrected chi connectivity index (χ3v) is 2.50. The van der Waals surface area contributed by atoms with Gasteiger partial charge in [-0.05, 0) is 47.4 Å². The molecule has 0 aliphatic carbocycles. The number of halogens is 1. The topological polar surface area (TPSA) is 37.0 Å². The fraction of sp³-hybridized carbons (Fsp3) is 0.545.